The van der Waals surface area contributed by atoms with Crippen molar-refractivity contribution in [3.8, 4) is 11.1 Å². The molecule has 1 aromatic carbocycles. The Morgan fingerprint density at radius 3 is 2.53 bits per heavy atom. The Balaban J connectivity index is 1.77. The minimum atomic E-state index is -0.415. The Bertz CT molecular complexity index is 1060. The van der Waals surface area contributed by atoms with Gasteiger partial charge in [0.05, 0.1) is 0 Å². The van der Waals surface area contributed by atoms with Crippen molar-refractivity contribution in [3.05, 3.63) is 69.7 Å². The maximum Gasteiger partial charge on any atom is 0.215 e. The third-order valence-corrected chi connectivity index (χ3v) is 5.46. The van der Waals surface area contributed by atoms with Crippen LogP contribution in [-0.2, 0) is 11.3 Å². The van der Waals surface area contributed by atoms with Crippen LogP contribution in [0.4, 0.5) is 16.0 Å². The monoisotopic (exact) mass is 428 g/mol. The highest BCUT2D eigenvalue weighted by Gasteiger charge is 2.21. The molecule has 4 rings (SSSR count). The van der Waals surface area contributed by atoms with Crippen molar-refractivity contribution >= 4 is 23.1 Å². The first-order valence-corrected chi connectivity index (χ1v) is 10.2. The Morgan fingerprint density at radius 1 is 1.13 bits per heavy atom. The van der Waals surface area contributed by atoms with E-state index in [0.717, 1.165) is 37.2 Å². The maximum atomic E-state index is 15.2. The highest BCUT2D eigenvalue weighted by Crippen LogP contribution is 2.26. The summed E-state index contributed by atoms with van der Waals surface area (Å²) >= 11 is 5.75. The van der Waals surface area contributed by atoms with Crippen LogP contribution < -0.4 is 10.6 Å². The second-order valence-electron chi connectivity index (χ2n) is 7.50. The van der Waals surface area contributed by atoms with Gasteiger partial charge in [-0.3, -0.25) is 4.79 Å². The first kappa shape index (κ1) is 20.5. The number of ether oxygens (including phenoxy) is 1. The van der Waals surface area contributed by atoms with Crippen LogP contribution in [0, 0.1) is 12.8 Å². The van der Waals surface area contributed by atoms with Crippen LogP contribution in [0.1, 0.15) is 18.4 Å². The van der Waals surface area contributed by atoms with Gasteiger partial charge in [0.25, 0.3) is 0 Å². The number of aromatic nitrogens is 3. The van der Waals surface area contributed by atoms with Gasteiger partial charge >= 0.3 is 0 Å². The average molecular weight is 429 g/mol. The lowest BCUT2D eigenvalue weighted by Gasteiger charge is -2.24. The van der Waals surface area contributed by atoms with Crippen molar-refractivity contribution in [3.63, 3.8) is 0 Å². The van der Waals surface area contributed by atoms with Crippen molar-refractivity contribution in [2.45, 2.75) is 26.3 Å². The van der Waals surface area contributed by atoms with Gasteiger partial charge in [-0.15, -0.1) is 10.2 Å². The Morgan fingerprint density at radius 2 is 1.87 bits per heavy atom. The number of benzene rings is 1. The summed E-state index contributed by atoms with van der Waals surface area (Å²) < 4.78 is 22.6. The van der Waals surface area contributed by atoms with Crippen molar-refractivity contribution in [1.29, 1.82) is 0 Å². The van der Waals surface area contributed by atoms with Gasteiger partial charge in [-0.05, 0) is 43.4 Å². The molecule has 8 heteroatoms. The lowest BCUT2D eigenvalue weighted by molar-refractivity contribution is 0.0612. The molecule has 3 aromatic rings. The number of hydrogen-bond donors (Lipinski definition) is 0. The molecule has 30 heavy (non-hydrogen) atoms. The van der Waals surface area contributed by atoms with Crippen LogP contribution in [0.5, 0.6) is 0 Å². The fourth-order valence-electron chi connectivity index (χ4n) is 3.56. The SMILES string of the molecule is Cc1ccc(-c2cn(CC3CCOCC3)cc(N(F)c3ccc(Cl)nn3)c2=O)cc1. The Labute approximate surface area is 178 Å². The smallest absolute Gasteiger partial charge is 0.215 e. The summed E-state index contributed by atoms with van der Waals surface area (Å²) in [5, 5.41) is 7.85. The molecule has 1 fully saturated rings. The summed E-state index contributed by atoms with van der Waals surface area (Å²) in [6, 6.07) is 10.4. The van der Waals surface area contributed by atoms with E-state index in [0.29, 0.717) is 18.0 Å². The summed E-state index contributed by atoms with van der Waals surface area (Å²) in [6.45, 7) is 4.10. The summed E-state index contributed by atoms with van der Waals surface area (Å²) in [6.07, 6.45) is 5.20. The van der Waals surface area contributed by atoms with E-state index in [1.165, 1.54) is 18.3 Å². The van der Waals surface area contributed by atoms with E-state index in [-0.39, 0.29) is 21.8 Å². The summed E-state index contributed by atoms with van der Waals surface area (Å²) in [4.78, 5) is 13.2. The third-order valence-electron chi connectivity index (χ3n) is 5.26. The molecule has 1 saturated heterocycles. The zero-order valence-corrected chi connectivity index (χ0v) is 17.3. The number of anilines is 2. The summed E-state index contributed by atoms with van der Waals surface area (Å²) in [5.74, 6) is 0.304. The number of rotatable bonds is 5. The fraction of sp³-hybridized carbons (Fsp3) is 0.318. The van der Waals surface area contributed by atoms with E-state index in [9.17, 15) is 4.79 Å². The van der Waals surface area contributed by atoms with E-state index in [4.69, 9.17) is 16.3 Å². The van der Waals surface area contributed by atoms with Crippen LogP contribution in [0.2, 0.25) is 5.15 Å². The zero-order chi connectivity index (χ0) is 21.1. The molecule has 0 radical (unpaired) electrons. The van der Waals surface area contributed by atoms with Gasteiger partial charge in [-0.25, -0.2) is 0 Å². The fourth-order valence-corrected chi connectivity index (χ4v) is 3.66. The van der Waals surface area contributed by atoms with Crippen molar-refractivity contribution in [2.75, 3.05) is 18.3 Å². The van der Waals surface area contributed by atoms with E-state index in [1.807, 2.05) is 35.8 Å². The van der Waals surface area contributed by atoms with Crippen LogP contribution in [0.15, 0.2) is 53.6 Å². The summed E-state index contributed by atoms with van der Waals surface area (Å²) in [7, 11) is 0. The molecule has 3 heterocycles. The van der Waals surface area contributed by atoms with Gasteiger partial charge in [0.1, 0.15) is 5.69 Å². The second kappa shape index (κ2) is 8.93. The molecule has 0 bridgehead atoms. The highest BCUT2D eigenvalue weighted by atomic mass is 35.5. The van der Waals surface area contributed by atoms with Gasteiger partial charge < -0.3 is 9.30 Å². The molecular formula is C22H22ClFN4O2. The molecule has 0 saturated carbocycles. The predicted molar refractivity (Wildman–Crippen MR) is 115 cm³/mol. The predicted octanol–water partition coefficient (Wildman–Crippen LogP) is 4.72. The first-order chi connectivity index (χ1) is 14.5. The van der Waals surface area contributed by atoms with Crippen molar-refractivity contribution in [2.24, 2.45) is 5.92 Å². The largest absolute Gasteiger partial charge is 0.381 e. The van der Waals surface area contributed by atoms with Crippen molar-refractivity contribution in [1.82, 2.24) is 14.8 Å². The van der Waals surface area contributed by atoms with Gasteiger partial charge in [-0.1, -0.05) is 45.9 Å². The lowest BCUT2D eigenvalue weighted by atomic mass is 10.00. The summed E-state index contributed by atoms with van der Waals surface area (Å²) in [5.41, 5.74) is 1.73. The minimum Gasteiger partial charge on any atom is -0.381 e. The van der Waals surface area contributed by atoms with Crippen LogP contribution in [-0.4, -0.2) is 28.0 Å². The van der Waals surface area contributed by atoms with Crippen LogP contribution in [0.3, 0.4) is 0 Å². The van der Waals surface area contributed by atoms with Gasteiger partial charge in [-0.2, -0.15) is 5.12 Å². The minimum absolute atomic E-state index is 0.102. The van der Waals surface area contributed by atoms with Gasteiger partial charge in [0, 0.05) is 37.7 Å². The molecule has 2 aromatic heterocycles. The van der Waals surface area contributed by atoms with E-state index < -0.39 is 5.43 Å². The number of pyridine rings is 1. The van der Waals surface area contributed by atoms with Crippen molar-refractivity contribution < 1.29 is 9.22 Å². The van der Waals surface area contributed by atoms with E-state index in [2.05, 4.69) is 10.2 Å². The topological polar surface area (TPSA) is 60.2 Å². The molecule has 0 unspecified atom stereocenters. The van der Waals surface area contributed by atoms with Crippen LogP contribution >= 0.6 is 11.6 Å². The second-order valence-corrected chi connectivity index (χ2v) is 7.89. The Hall–Kier alpha value is -2.77. The zero-order valence-electron chi connectivity index (χ0n) is 16.6. The Kier molecular flexibility index (Phi) is 6.11. The number of halogens is 2. The standard InChI is InChI=1S/C22H22ClFN4O2/c1-15-2-4-17(5-3-15)18-13-27(12-16-8-10-30-11-9-16)14-19(22(18)29)28(24)21-7-6-20(23)25-26-21/h2-7,13-14,16H,8-12H2,1H3. The maximum absolute atomic E-state index is 15.2. The molecule has 6 nitrogen and oxygen atoms in total. The normalized spacial score (nSPS) is 14.6. The molecule has 1 aliphatic rings. The molecule has 156 valence electrons. The molecule has 0 atom stereocenters. The molecule has 0 amide bonds. The number of hydrogen-bond acceptors (Lipinski definition) is 5. The van der Waals surface area contributed by atoms with Gasteiger partial charge in [0.2, 0.25) is 5.43 Å². The third kappa shape index (κ3) is 4.52. The first-order valence-electron chi connectivity index (χ1n) is 9.85. The van der Waals surface area contributed by atoms with Crippen LogP contribution in [0.25, 0.3) is 11.1 Å². The quantitative estimate of drug-likeness (QED) is 0.550. The molecule has 1 aliphatic heterocycles. The molecule has 0 aliphatic carbocycles. The number of nitrogens with zero attached hydrogens (tertiary/aromatic N) is 4. The highest BCUT2D eigenvalue weighted by molar-refractivity contribution is 6.29. The average Bonchev–Trinajstić information content (AvgIpc) is 2.76. The lowest BCUT2D eigenvalue weighted by Crippen LogP contribution is -2.24. The molecule has 0 spiro atoms. The molecular weight excluding hydrogens is 407 g/mol. The van der Waals surface area contributed by atoms with E-state index in [1.54, 1.807) is 6.20 Å². The van der Waals surface area contributed by atoms with E-state index >= 15 is 4.48 Å². The number of aryl methyl sites for hydroxylation is 1. The molecule has 0 N–H and O–H groups in total. The van der Waals surface area contributed by atoms with Gasteiger partial charge in [0.15, 0.2) is 11.0 Å².